The Morgan fingerprint density at radius 3 is 2.80 bits per heavy atom. The number of hydrogen-bond donors (Lipinski definition) is 2. The van der Waals surface area contributed by atoms with Crippen molar-refractivity contribution in [3.05, 3.63) is 27.8 Å². The maximum Gasteiger partial charge on any atom is 0.315 e. The molecule has 0 unspecified atom stereocenters. The monoisotopic (exact) mass is 295 g/mol. The van der Waals surface area contributed by atoms with Gasteiger partial charge in [0.2, 0.25) is 5.89 Å². The van der Waals surface area contributed by atoms with E-state index in [0.717, 1.165) is 10.7 Å². The van der Waals surface area contributed by atoms with Gasteiger partial charge in [-0.15, -0.1) is 11.3 Å². The van der Waals surface area contributed by atoms with Crippen molar-refractivity contribution in [3.63, 3.8) is 0 Å². The molecule has 0 saturated carbocycles. The van der Waals surface area contributed by atoms with Gasteiger partial charge in [-0.2, -0.15) is 4.98 Å². The molecule has 0 aliphatic heterocycles. The Balaban J connectivity index is 1.72. The van der Waals surface area contributed by atoms with Crippen LogP contribution >= 0.6 is 11.3 Å². The third-order valence-corrected chi connectivity index (χ3v) is 3.80. The highest BCUT2D eigenvalue weighted by Gasteiger charge is 2.11. The van der Waals surface area contributed by atoms with Crippen molar-refractivity contribution in [2.24, 2.45) is 0 Å². The summed E-state index contributed by atoms with van der Waals surface area (Å²) in [4.78, 5) is 20.0. The van der Waals surface area contributed by atoms with Gasteiger partial charge in [-0.25, -0.2) is 9.78 Å². The molecule has 0 radical (unpaired) electrons. The molecule has 0 aliphatic carbocycles. The number of nitrogens with zero attached hydrogens (tertiary/aromatic N) is 3. The minimum Gasteiger partial charge on any atom is -0.340 e. The average Bonchev–Trinajstić information content (AvgIpc) is 3.02. The van der Waals surface area contributed by atoms with Crippen LogP contribution in [-0.4, -0.2) is 27.7 Å². The van der Waals surface area contributed by atoms with Gasteiger partial charge in [0.1, 0.15) is 0 Å². The fourth-order valence-corrected chi connectivity index (χ4v) is 2.42. The van der Waals surface area contributed by atoms with Crippen molar-refractivity contribution in [1.82, 2.24) is 25.8 Å². The Morgan fingerprint density at radius 2 is 2.20 bits per heavy atom. The predicted molar refractivity (Wildman–Crippen MR) is 74.5 cm³/mol. The highest BCUT2D eigenvalue weighted by Crippen LogP contribution is 2.18. The average molecular weight is 295 g/mol. The lowest BCUT2D eigenvalue weighted by molar-refractivity contribution is 0.239. The normalized spacial score (nSPS) is 12.2. The Hall–Kier alpha value is -1.96. The number of hydrogen-bond acceptors (Lipinski definition) is 6. The first kappa shape index (κ1) is 14.4. The lowest BCUT2D eigenvalue weighted by atomic mass is 10.2. The number of carbonyl (C=O) groups excluding carboxylic acids is 1. The third-order valence-electron chi connectivity index (χ3n) is 2.60. The van der Waals surface area contributed by atoms with Crippen molar-refractivity contribution >= 4 is 17.4 Å². The summed E-state index contributed by atoms with van der Waals surface area (Å²) in [6.45, 7) is 6.47. The fourth-order valence-electron chi connectivity index (χ4n) is 1.57. The van der Waals surface area contributed by atoms with Gasteiger partial charge >= 0.3 is 6.03 Å². The van der Waals surface area contributed by atoms with E-state index in [1.807, 2.05) is 19.2 Å². The molecular weight excluding hydrogens is 278 g/mol. The topological polar surface area (TPSA) is 92.9 Å². The molecule has 2 N–H and O–H groups in total. The first-order valence-corrected chi connectivity index (χ1v) is 7.15. The molecule has 0 bridgehead atoms. The van der Waals surface area contributed by atoms with Crippen LogP contribution < -0.4 is 10.6 Å². The zero-order chi connectivity index (χ0) is 14.5. The molecule has 0 aliphatic rings. The van der Waals surface area contributed by atoms with Gasteiger partial charge in [-0.05, 0) is 6.92 Å². The number of aryl methyl sites for hydroxylation is 2. The molecule has 2 amide bonds. The summed E-state index contributed by atoms with van der Waals surface area (Å²) in [7, 11) is 0. The molecule has 2 aromatic rings. The number of nitrogens with one attached hydrogen (secondary N) is 2. The predicted octanol–water partition coefficient (Wildman–Crippen LogP) is 1.75. The summed E-state index contributed by atoms with van der Waals surface area (Å²) in [6, 6.07) is -0.257. The number of amides is 2. The Bertz CT molecular complexity index is 580. The van der Waals surface area contributed by atoms with Crippen LogP contribution in [0.1, 0.15) is 35.3 Å². The van der Waals surface area contributed by atoms with Gasteiger partial charge in [-0.1, -0.05) is 12.1 Å². The summed E-state index contributed by atoms with van der Waals surface area (Å²) in [5.74, 6) is 1.13. The van der Waals surface area contributed by atoms with Gasteiger partial charge in [0.25, 0.3) is 0 Å². The first-order valence-electron chi connectivity index (χ1n) is 6.27. The summed E-state index contributed by atoms with van der Waals surface area (Å²) >= 11 is 1.61. The summed E-state index contributed by atoms with van der Waals surface area (Å²) in [5.41, 5.74) is 1.01. The van der Waals surface area contributed by atoms with Crippen LogP contribution in [0.25, 0.3) is 0 Å². The summed E-state index contributed by atoms with van der Waals surface area (Å²) < 4.78 is 4.82. The molecule has 2 aromatic heterocycles. The van der Waals surface area contributed by atoms with Crippen LogP contribution in [-0.2, 0) is 6.54 Å². The van der Waals surface area contributed by atoms with E-state index in [2.05, 4.69) is 25.8 Å². The van der Waals surface area contributed by atoms with E-state index < -0.39 is 0 Å². The van der Waals surface area contributed by atoms with Crippen LogP contribution in [0, 0.1) is 13.8 Å². The van der Waals surface area contributed by atoms with E-state index in [-0.39, 0.29) is 18.5 Å². The SMILES string of the molecule is Cc1csc([C@@H](C)CNC(=O)NCc2noc(C)n2)n1. The Morgan fingerprint density at radius 1 is 1.40 bits per heavy atom. The van der Waals surface area contributed by atoms with E-state index in [1.54, 1.807) is 18.3 Å². The molecule has 2 rings (SSSR count). The molecule has 108 valence electrons. The van der Waals surface area contributed by atoms with Crippen LogP contribution in [0.4, 0.5) is 4.79 Å². The van der Waals surface area contributed by atoms with Crippen molar-refractivity contribution in [3.8, 4) is 0 Å². The van der Waals surface area contributed by atoms with Gasteiger partial charge < -0.3 is 15.2 Å². The highest BCUT2D eigenvalue weighted by atomic mass is 32.1. The minimum absolute atomic E-state index is 0.187. The highest BCUT2D eigenvalue weighted by molar-refractivity contribution is 7.09. The van der Waals surface area contributed by atoms with Gasteiger partial charge in [0, 0.05) is 30.5 Å². The van der Waals surface area contributed by atoms with E-state index in [9.17, 15) is 4.79 Å². The lowest BCUT2D eigenvalue weighted by Crippen LogP contribution is -2.37. The molecule has 8 heteroatoms. The van der Waals surface area contributed by atoms with Crippen LogP contribution in [0.3, 0.4) is 0 Å². The standard InChI is InChI=1S/C12H17N5O2S/c1-7(11-15-8(2)6-20-11)4-13-12(18)14-5-10-16-9(3)19-17-10/h6-7H,4-5H2,1-3H3,(H2,13,14,18)/t7-/m0/s1. The second kappa shape index (κ2) is 6.47. The Labute approximate surface area is 120 Å². The fraction of sp³-hybridized carbons (Fsp3) is 0.500. The summed E-state index contributed by atoms with van der Waals surface area (Å²) in [6.07, 6.45) is 0. The maximum absolute atomic E-state index is 11.6. The lowest BCUT2D eigenvalue weighted by Gasteiger charge is -2.10. The quantitative estimate of drug-likeness (QED) is 0.876. The van der Waals surface area contributed by atoms with E-state index in [0.29, 0.717) is 18.3 Å². The van der Waals surface area contributed by atoms with Crippen molar-refractivity contribution in [1.29, 1.82) is 0 Å². The Kier molecular flexibility index (Phi) is 4.67. The minimum atomic E-state index is -0.257. The molecule has 7 nitrogen and oxygen atoms in total. The van der Waals surface area contributed by atoms with Crippen molar-refractivity contribution < 1.29 is 9.32 Å². The van der Waals surface area contributed by atoms with E-state index in [1.165, 1.54) is 0 Å². The second-order valence-electron chi connectivity index (χ2n) is 4.52. The molecular formula is C12H17N5O2S. The van der Waals surface area contributed by atoms with Gasteiger partial charge in [0.05, 0.1) is 11.6 Å². The number of thiazole rings is 1. The number of carbonyl (C=O) groups is 1. The third kappa shape index (κ3) is 4.02. The molecule has 1 atom stereocenters. The van der Waals surface area contributed by atoms with E-state index in [4.69, 9.17) is 4.52 Å². The van der Waals surface area contributed by atoms with Crippen LogP contribution in [0.2, 0.25) is 0 Å². The van der Waals surface area contributed by atoms with E-state index >= 15 is 0 Å². The van der Waals surface area contributed by atoms with Crippen molar-refractivity contribution in [2.75, 3.05) is 6.54 Å². The number of aromatic nitrogens is 3. The zero-order valence-electron chi connectivity index (χ0n) is 11.6. The van der Waals surface area contributed by atoms with Crippen LogP contribution in [0.5, 0.6) is 0 Å². The summed E-state index contributed by atoms with van der Waals surface area (Å²) in [5, 5.41) is 12.2. The van der Waals surface area contributed by atoms with Gasteiger partial charge in [-0.3, -0.25) is 0 Å². The zero-order valence-corrected chi connectivity index (χ0v) is 12.5. The molecule has 20 heavy (non-hydrogen) atoms. The largest absolute Gasteiger partial charge is 0.340 e. The second-order valence-corrected chi connectivity index (χ2v) is 5.41. The number of urea groups is 1. The molecule has 0 aromatic carbocycles. The van der Waals surface area contributed by atoms with Crippen molar-refractivity contribution in [2.45, 2.75) is 33.2 Å². The maximum atomic E-state index is 11.6. The first-order chi connectivity index (χ1) is 9.54. The number of rotatable bonds is 5. The molecule has 0 spiro atoms. The molecule has 0 saturated heterocycles. The van der Waals surface area contributed by atoms with Gasteiger partial charge in [0.15, 0.2) is 5.82 Å². The molecule has 2 heterocycles. The smallest absolute Gasteiger partial charge is 0.315 e. The molecule has 0 fully saturated rings. The van der Waals surface area contributed by atoms with Crippen LogP contribution in [0.15, 0.2) is 9.90 Å².